The highest BCUT2D eigenvalue weighted by atomic mass is 16.2. The van der Waals surface area contributed by atoms with Crippen molar-refractivity contribution in [1.29, 1.82) is 0 Å². The average molecular weight is 365 g/mol. The molecule has 0 fully saturated rings. The van der Waals surface area contributed by atoms with Crippen LogP contribution in [0.15, 0.2) is 59.7 Å². The molecule has 27 heavy (non-hydrogen) atoms. The lowest BCUT2D eigenvalue weighted by Crippen LogP contribution is -2.64. The molecule has 0 spiro atoms. The van der Waals surface area contributed by atoms with E-state index in [1.54, 1.807) is 19.1 Å². The molecule has 1 heterocycles. The van der Waals surface area contributed by atoms with Crippen LogP contribution in [0.1, 0.15) is 13.8 Å². The number of hydrogen-bond donors (Lipinski definition) is 2. The Bertz CT molecular complexity index is 877. The summed E-state index contributed by atoms with van der Waals surface area (Å²) in [5.74, 6) is -0.691. The molecule has 7 nitrogen and oxygen atoms in total. The number of hydrazone groups is 1. The molecule has 2 aromatic rings. The van der Waals surface area contributed by atoms with Crippen molar-refractivity contribution < 1.29 is 9.59 Å². The number of anilines is 3. The number of carbonyl (C=O) groups excluding carboxylic acids is 2. The Morgan fingerprint density at radius 2 is 1.70 bits per heavy atom. The number of hydrogen-bond acceptors (Lipinski definition) is 5. The molecular weight excluding hydrogens is 342 g/mol. The van der Waals surface area contributed by atoms with Crippen LogP contribution < -0.4 is 20.5 Å². The second kappa shape index (κ2) is 7.11. The molecule has 2 amide bonds. The maximum Gasteiger partial charge on any atom is 0.300 e. The molecule has 1 unspecified atom stereocenters. The van der Waals surface area contributed by atoms with Crippen molar-refractivity contribution in [3.8, 4) is 0 Å². The fraction of sp³-hybridized carbons (Fsp3) is 0.250. The normalized spacial score (nSPS) is 18.9. The summed E-state index contributed by atoms with van der Waals surface area (Å²) in [6, 6.07) is 16.7. The number of carbonyl (C=O) groups is 2. The van der Waals surface area contributed by atoms with Gasteiger partial charge in [0.05, 0.1) is 11.4 Å². The van der Waals surface area contributed by atoms with Crippen LogP contribution in [0.25, 0.3) is 0 Å². The van der Waals surface area contributed by atoms with Crippen molar-refractivity contribution >= 4 is 34.6 Å². The van der Waals surface area contributed by atoms with Crippen molar-refractivity contribution in [3.63, 3.8) is 0 Å². The lowest BCUT2D eigenvalue weighted by molar-refractivity contribution is -0.127. The van der Waals surface area contributed by atoms with Crippen LogP contribution >= 0.6 is 0 Å². The van der Waals surface area contributed by atoms with Crippen LogP contribution in [0.5, 0.6) is 0 Å². The third-order valence-corrected chi connectivity index (χ3v) is 4.39. The van der Waals surface area contributed by atoms with E-state index in [-0.39, 0.29) is 11.8 Å². The Labute approximate surface area is 158 Å². The van der Waals surface area contributed by atoms with Gasteiger partial charge in [-0.2, -0.15) is 10.1 Å². The summed E-state index contributed by atoms with van der Waals surface area (Å²) < 4.78 is 0. The van der Waals surface area contributed by atoms with Gasteiger partial charge in [0.15, 0.2) is 0 Å². The highest BCUT2D eigenvalue weighted by Gasteiger charge is 2.51. The van der Waals surface area contributed by atoms with Crippen molar-refractivity contribution in [2.45, 2.75) is 19.5 Å². The molecule has 0 saturated carbocycles. The van der Waals surface area contributed by atoms with E-state index >= 15 is 0 Å². The predicted molar refractivity (Wildman–Crippen MR) is 108 cm³/mol. The van der Waals surface area contributed by atoms with Gasteiger partial charge < -0.3 is 15.5 Å². The summed E-state index contributed by atoms with van der Waals surface area (Å²) in [4.78, 5) is 27.2. The maximum absolute atomic E-state index is 13.3. The first-order chi connectivity index (χ1) is 12.8. The van der Waals surface area contributed by atoms with Gasteiger partial charge in [0.25, 0.3) is 5.91 Å². The molecule has 1 atom stereocenters. The number of nitrogens with zero attached hydrogens (tertiary/aromatic N) is 3. The molecule has 140 valence electrons. The van der Waals surface area contributed by atoms with Crippen LogP contribution in [0, 0.1) is 0 Å². The highest BCUT2D eigenvalue weighted by Crippen LogP contribution is 2.28. The van der Waals surface area contributed by atoms with E-state index in [4.69, 9.17) is 0 Å². The van der Waals surface area contributed by atoms with Gasteiger partial charge in [-0.25, -0.2) is 0 Å². The zero-order chi connectivity index (χ0) is 19.6. The topological polar surface area (TPSA) is 77.0 Å². The smallest absolute Gasteiger partial charge is 0.300 e. The van der Waals surface area contributed by atoms with Crippen LogP contribution in [0.3, 0.4) is 0 Å². The van der Waals surface area contributed by atoms with E-state index in [0.717, 1.165) is 5.69 Å². The minimum Gasteiger partial charge on any atom is -0.378 e. The van der Waals surface area contributed by atoms with Gasteiger partial charge in [0.1, 0.15) is 0 Å². The zero-order valence-corrected chi connectivity index (χ0v) is 15.9. The van der Waals surface area contributed by atoms with E-state index in [0.29, 0.717) is 17.1 Å². The lowest BCUT2D eigenvalue weighted by Gasteiger charge is -2.31. The van der Waals surface area contributed by atoms with Gasteiger partial charge >= 0.3 is 0 Å². The molecule has 2 N–H and O–H groups in total. The maximum atomic E-state index is 13.3. The van der Waals surface area contributed by atoms with Crippen molar-refractivity contribution in [1.82, 2.24) is 5.32 Å². The molecule has 3 rings (SSSR count). The lowest BCUT2D eigenvalue weighted by atomic mass is 10.0. The number of benzene rings is 2. The summed E-state index contributed by atoms with van der Waals surface area (Å²) in [7, 11) is 3.91. The Balaban J connectivity index is 1.96. The minimum atomic E-state index is -1.43. The van der Waals surface area contributed by atoms with Gasteiger partial charge in [0, 0.05) is 32.4 Å². The molecule has 0 aromatic heterocycles. The van der Waals surface area contributed by atoms with Gasteiger partial charge in [-0.05, 0) is 43.3 Å². The molecule has 0 saturated heterocycles. The number of rotatable bonds is 5. The van der Waals surface area contributed by atoms with Crippen molar-refractivity contribution in [3.05, 3.63) is 54.6 Å². The Morgan fingerprint density at radius 1 is 1.07 bits per heavy atom. The van der Waals surface area contributed by atoms with Gasteiger partial charge in [-0.1, -0.05) is 18.2 Å². The van der Waals surface area contributed by atoms with E-state index in [2.05, 4.69) is 15.7 Å². The first kappa shape index (κ1) is 18.4. The minimum absolute atomic E-state index is 0.328. The Morgan fingerprint density at radius 3 is 2.26 bits per heavy atom. The molecule has 1 aliphatic rings. The second-order valence-corrected chi connectivity index (χ2v) is 6.64. The first-order valence-electron chi connectivity index (χ1n) is 8.63. The van der Waals surface area contributed by atoms with Crippen LogP contribution in [0.4, 0.5) is 17.1 Å². The zero-order valence-electron chi connectivity index (χ0n) is 15.9. The molecular formula is C20H23N5O2. The molecule has 7 heteroatoms. The second-order valence-electron chi connectivity index (χ2n) is 6.64. The summed E-state index contributed by atoms with van der Waals surface area (Å²) in [6.45, 7) is 3.10. The van der Waals surface area contributed by atoms with Crippen LogP contribution in [-0.2, 0) is 9.59 Å². The number of para-hydroxylation sites is 1. The first-order valence-corrected chi connectivity index (χ1v) is 8.63. The average Bonchev–Trinajstić information content (AvgIpc) is 2.87. The van der Waals surface area contributed by atoms with Gasteiger partial charge in [-0.15, -0.1) is 0 Å². The molecule has 0 radical (unpaired) electrons. The fourth-order valence-corrected chi connectivity index (χ4v) is 2.97. The molecule has 2 aromatic carbocycles. The van der Waals surface area contributed by atoms with Gasteiger partial charge in [0.2, 0.25) is 11.6 Å². The largest absolute Gasteiger partial charge is 0.378 e. The molecule has 0 bridgehead atoms. The summed E-state index contributed by atoms with van der Waals surface area (Å²) in [5.41, 5.74) is 1.40. The predicted octanol–water partition coefficient (Wildman–Crippen LogP) is 2.42. The quantitative estimate of drug-likeness (QED) is 0.798. The van der Waals surface area contributed by atoms with E-state index in [1.165, 1.54) is 11.9 Å². The summed E-state index contributed by atoms with van der Waals surface area (Å²) in [6.07, 6.45) is 0. The van der Waals surface area contributed by atoms with E-state index in [9.17, 15) is 9.59 Å². The Kier molecular flexibility index (Phi) is 4.85. The third kappa shape index (κ3) is 3.48. The van der Waals surface area contributed by atoms with Gasteiger partial charge in [-0.3, -0.25) is 9.59 Å². The molecule has 0 aliphatic carbocycles. The van der Waals surface area contributed by atoms with Crippen LogP contribution in [0.2, 0.25) is 0 Å². The Hall–Kier alpha value is -3.35. The SMILES string of the molecule is CC(=O)NC1(Nc2ccc(N(C)C)cc2)C(=O)N(c2ccccc2)N=C1C. The standard InChI is InChI=1S/C20H23N5O2/c1-14-20(21-15(2)26,22-16-10-12-17(13-11-16)24(3)4)19(27)25(23-14)18-8-6-5-7-9-18/h5-13,22H,1-4H3,(H,21,26). The fourth-order valence-electron chi connectivity index (χ4n) is 2.97. The van der Waals surface area contributed by atoms with Crippen molar-refractivity contribution in [2.24, 2.45) is 5.10 Å². The van der Waals surface area contributed by atoms with E-state index < -0.39 is 5.66 Å². The summed E-state index contributed by atoms with van der Waals surface area (Å²) >= 11 is 0. The highest BCUT2D eigenvalue weighted by molar-refractivity contribution is 6.25. The monoisotopic (exact) mass is 365 g/mol. The van der Waals surface area contributed by atoms with E-state index in [1.807, 2.05) is 61.5 Å². The third-order valence-electron chi connectivity index (χ3n) is 4.39. The van der Waals surface area contributed by atoms with Crippen molar-refractivity contribution in [2.75, 3.05) is 29.3 Å². The molecule has 1 aliphatic heterocycles. The number of nitrogens with one attached hydrogen (secondary N) is 2. The van der Waals surface area contributed by atoms with Crippen LogP contribution in [-0.4, -0.2) is 37.3 Å². The summed E-state index contributed by atoms with van der Waals surface area (Å²) in [5, 5.41) is 11.7. The number of amides is 2.